The van der Waals surface area contributed by atoms with E-state index in [1.165, 1.54) is 4.90 Å². The lowest BCUT2D eigenvalue weighted by Crippen LogP contribution is -2.63. The molecule has 1 aliphatic heterocycles. The van der Waals surface area contributed by atoms with Crippen molar-refractivity contribution in [3.63, 3.8) is 0 Å². The minimum Gasteiger partial charge on any atom is -0.465 e. The van der Waals surface area contributed by atoms with Crippen molar-refractivity contribution in [2.45, 2.75) is 25.8 Å². The Labute approximate surface area is 150 Å². The Morgan fingerprint density at radius 1 is 1.23 bits per heavy atom. The highest BCUT2D eigenvalue weighted by molar-refractivity contribution is 5.83. The van der Waals surface area contributed by atoms with Gasteiger partial charge >= 0.3 is 6.09 Å². The Kier molecular flexibility index (Phi) is 3.10. The highest BCUT2D eigenvalue weighted by atomic mass is 16.4. The first-order valence-corrected chi connectivity index (χ1v) is 8.79. The molecule has 0 atom stereocenters. The van der Waals surface area contributed by atoms with Crippen molar-refractivity contribution in [2.24, 2.45) is 5.41 Å². The Hall–Kier alpha value is -2.96. The van der Waals surface area contributed by atoms with Crippen molar-refractivity contribution in [1.29, 1.82) is 0 Å². The molecule has 5 rings (SSSR count). The Morgan fingerprint density at radius 3 is 2.81 bits per heavy atom. The molecule has 3 aromatic rings. The summed E-state index contributed by atoms with van der Waals surface area (Å²) in [6.45, 7) is 3.41. The topological polar surface area (TPSA) is 84.1 Å². The number of carbonyl (C=O) groups is 1. The normalized spacial score (nSPS) is 18.7. The van der Waals surface area contributed by atoms with E-state index in [0.29, 0.717) is 19.1 Å². The number of likely N-dealkylation sites (tertiary alicyclic amines) is 1. The third kappa shape index (κ3) is 2.27. The van der Waals surface area contributed by atoms with Gasteiger partial charge in [-0.25, -0.2) is 4.79 Å². The smallest absolute Gasteiger partial charge is 0.407 e. The zero-order chi connectivity index (χ0) is 17.9. The fourth-order valence-electron chi connectivity index (χ4n) is 4.42. The lowest BCUT2D eigenvalue weighted by atomic mass is 9.61. The fraction of sp³-hybridized carbons (Fsp3) is 0.368. The van der Waals surface area contributed by atoms with Gasteiger partial charge in [0.15, 0.2) is 0 Å². The van der Waals surface area contributed by atoms with Crippen molar-refractivity contribution in [2.75, 3.05) is 13.1 Å². The Morgan fingerprint density at radius 2 is 2.04 bits per heavy atom. The number of rotatable bonds is 2. The number of aromatic nitrogens is 4. The van der Waals surface area contributed by atoms with Crippen LogP contribution in [0.3, 0.4) is 0 Å². The molecule has 1 spiro atoms. The maximum Gasteiger partial charge on any atom is 0.407 e. The minimum absolute atomic E-state index is 0.184. The monoisotopic (exact) mass is 349 g/mol. The largest absolute Gasteiger partial charge is 0.465 e. The summed E-state index contributed by atoms with van der Waals surface area (Å²) in [7, 11) is 0. The molecular formula is C19H19N5O2. The van der Waals surface area contributed by atoms with Crippen LogP contribution in [0.15, 0.2) is 36.5 Å². The van der Waals surface area contributed by atoms with Gasteiger partial charge in [0.25, 0.3) is 0 Å². The van der Waals surface area contributed by atoms with Crippen molar-refractivity contribution in [3.05, 3.63) is 42.2 Å². The molecule has 7 heteroatoms. The number of carboxylic acid groups (broad SMARTS) is 1. The van der Waals surface area contributed by atoms with Crippen LogP contribution in [0.5, 0.6) is 0 Å². The lowest BCUT2D eigenvalue weighted by Gasteiger charge is -2.58. The average Bonchev–Trinajstić information content (AvgIpc) is 2.93. The van der Waals surface area contributed by atoms with Crippen molar-refractivity contribution < 1.29 is 9.90 Å². The summed E-state index contributed by atoms with van der Waals surface area (Å²) in [5.41, 5.74) is 4.23. The van der Waals surface area contributed by atoms with Crippen LogP contribution in [0.4, 0.5) is 4.79 Å². The summed E-state index contributed by atoms with van der Waals surface area (Å²) in [6, 6.07) is 10.5. The van der Waals surface area contributed by atoms with Crippen LogP contribution in [-0.2, 0) is 0 Å². The molecule has 1 aromatic carbocycles. The van der Waals surface area contributed by atoms with E-state index >= 15 is 0 Å². The zero-order valence-corrected chi connectivity index (χ0v) is 14.5. The van der Waals surface area contributed by atoms with Gasteiger partial charge in [0.1, 0.15) is 0 Å². The van der Waals surface area contributed by atoms with Gasteiger partial charge in [-0.1, -0.05) is 6.07 Å². The van der Waals surface area contributed by atoms with Crippen LogP contribution in [-0.4, -0.2) is 49.2 Å². The van der Waals surface area contributed by atoms with Gasteiger partial charge in [-0.15, -0.1) is 0 Å². The van der Waals surface area contributed by atoms with E-state index in [2.05, 4.69) is 33.9 Å². The van der Waals surface area contributed by atoms with Gasteiger partial charge in [0.05, 0.1) is 23.4 Å². The Bertz CT molecular complexity index is 1010. The predicted octanol–water partition coefficient (Wildman–Crippen LogP) is 3.12. The van der Waals surface area contributed by atoms with Gasteiger partial charge in [0.2, 0.25) is 0 Å². The molecule has 1 aliphatic carbocycles. The summed E-state index contributed by atoms with van der Waals surface area (Å²) in [5, 5.41) is 22.9. The number of benzene rings is 1. The molecule has 2 fully saturated rings. The number of fused-ring (bicyclic) bond motifs is 1. The zero-order valence-electron chi connectivity index (χ0n) is 14.5. The quantitative estimate of drug-likeness (QED) is 0.768. The van der Waals surface area contributed by atoms with E-state index in [1.54, 1.807) is 6.20 Å². The first-order valence-electron chi connectivity index (χ1n) is 8.79. The summed E-state index contributed by atoms with van der Waals surface area (Å²) in [4.78, 5) is 12.5. The van der Waals surface area contributed by atoms with Gasteiger partial charge in [0, 0.05) is 35.1 Å². The molecule has 2 aliphatic rings. The maximum atomic E-state index is 11.0. The van der Waals surface area contributed by atoms with E-state index in [4.69, 9.17) is 10.2 Å². The summed E-state index contributed by atoms with van der Waals surface area (Å²) < 4.78 is 2.11. The van der Waals surface area contributed by atoms with E-state index in [0.717, 1.165) is 40.7 Å². The molecule has 132 valence electrons. The first kappa shape index (κ1) is 15.3. The van der Waals surface area contributed by atoms with E-state index in [9.17, 15) is 4.79 Å². The highest BCUT2D eigenvalue weighted by Gasteiger charge is 2.54. The van der Waals surface area contributed by atoms with Crippen LogP contribution in [0.2, 0.25) is 0 Å². The molecule has 3 heterocycles. The van der Waals surface area contributed by atoms with Gasteiger partial charge < -0.3 is 10.0 Å². The summed E-state index contributed by atoms with van der Waals surface area (Å²) in [5.74, 6) is 0. The number of amides is 1. The molecule has 26 heavy (non-hydrogen) atoms. The Balaban J connectivity index is 1.36. The van der Waals surface area contributed by atoms with Gasteiger partial charge in [-0.05, 0) is 44.0 Å². The van der Waals surface area contributed by atoms with E-state index < -0.39 is 6.09 Å². The van der Waals surface area contributed by atoms with Gasteiger partial charge in [-0.3, -0.25) is 4.68 Å². The molecule has 7 nitrogen and oxygen atoms in total. The summed E-state index contributed by atoms with van der Waals surface area (Å²) >= 11 is 0. The standard InChI is InChI=1S/C19H19N5O2/c1-12-6-17(13-2-3-16-14(7-13)4-5-20-21-16)22-24(12)15-8-19(9-15)10-23(11-19)18(25)26/h2-7,15H,8-11H2,1H3,(H,25,26). The van der Waals surface area contributed by atoms with Crippen molar-refractivity contribution in [3.8, 4) is 11.3 Å². The number of hydrogen-bond acceptors (Lipinski definition) is 4. The third-order valence-electron chi connectivity index (χ3n) is 5.74. The summed E-state index contributed by atoms with van der Waals surface area (Å²) in [6.07, 6.45) is 2.90. The van der Waals surface area contributed by atoms with Crippen molar-refractivity contribution in [1.82, 2.24) is 24.9 Å². The van der Waals surface area contributed by atoms with Crippen LogP contribution < -0.4 is 0 Å². The van der Waals surface area contributed by atoms with E-state index in [-0.39, 0.29) is 5.41 Å². The second-order valence-electron chi connectivity index (χ2n) is 7.62. The molecule has 0 unspecified atom stereocenters. The molecule has 1 amide bonds. The lowest BCUT2D eigenvalue weighted by molar-refractivity contribution is -0.0775. The number of hydrogen-bond donors (Lipinski definition) is 1. The number of nitrogens with zero attached hydrogens (tertiary/aromatic N) is 5. The number of aryl methyl sites for hydroxylation is 1. The minimum atomic E-state index is -0.808. The second kappa shape index (κ2) is 5.27. The molecule has 2 aromatic heterocycles. The molecule has 1 N–H and O–H groups in total. The SMILES string of the molecule is Cc1cc(-c2ccc3nnccc3c2)nn1C1CC2(C1)CN(C(=O)O)C2. The molecule has 1 saturated carbocycles. The van der Waals surface area contributed by atoms with E-state index in [1.807, 2.05) is 18.2 Å². The average molecular weight is 349 g/mol. The van der Waals surface area contributed by atoms with Crippen LogP contribution in [0.25, 0.3) is 22.2 Å². The molecule has 0 radical (unpaired) electrons. The highest BCUT2D eigenvalue weighted by Crippen LogP contribution is 2.54. The van der Waals surface area contributed by atoms with Gasteiger partial charge in [-0.2, -0.15) is 15.3 Å². The maximum absolute atomic E-state index is 11.0. The third-order valence-corrected chi connectivity index (χ3v) is 5.74. The van der Waals surface area contributed by atoms with Crippen LogP contribution in [0, 0.1) is 12.3 Å². The molecule has 1 saturated heterocycles. The fourth-order valence-corrected chi connectivity index (χ4v) is 4.42. The molecular weight excluding hydrogens is 330 g/mol. The first-order chi connectivity index (χ1) is 12.5. The van der Waals surface area contributed by atoms with Crippen molar-refractivity contribution >= 4 is 17.0 Å². The van der Waals surface area contributed by atoms with Crippen LogP contribution >= 0.6 is 0 Å². The second-order valence-corrected chi connectivity index (χ2v) is 7.62. The predicted molar refractivity (Wildman–Crippen MR) is 95.8 cm³/mol. The molecule has 0 bridgehead atoms. The van der Waals surface area contributed by atoms with Crippen LogP contribution in [0.1, 0.15) is 24.6 Å².